The van der Waals surface area contributed by atoms with Gasteiger partial charge in [-0.15, -0.1) is 12.4 Å². The Morgan fingerprint density at radius 1 is 1.58 bits per heavy atom. The van der Waals surface area contributed by atoms with Crippen molar-refractivity contribution >= 4 is 18.4 Å². The normalized spacial score (nSPS) is 21.3. The Balaban J connectivity index is 0.00000121. The third kappa shape index (κ3) is 3.28. The molecule has 5 heteroatoms. The van der Waals surface area contributed by atoms with Crippen LogP contribution in [0.4, 0.5) is 4.79 Å². The molecule has 0 aromatic carbocycles. The summed E-state index contributed by atoms with van der Waals surface area (Å²) in [5.74, 6) is 0. The van der Waals surface area contributed by atoms with E-state index in [0.29, 0.717) is 6.04 Å². The van der Waals surface area contributed by atoms with Crippen molar-refractivity contribution < 1.29 is 4.79 Å². The Bertz CT molecular complexity index is 146. The minimum absolute atomic E-state index is 0. The maximum Gasteiger partial charge on any atom is 0.317 e. The molecule has 0 aromatic rings. The smallest absolute Gasteiger partial charge is 0.317 e. The molecule has 1 atom stereocenters. The molecule has 0 spiro atoms. The lowest BCUT2D eigenvalue weighted by Crippen LogP contribution is -2.42. The van der Waals surface area contributed by atoms with Crippen molar-refractivity contribution in [2.45, 2.75) is 12.5 Å². The van der Waals surface area contributed by atoms with Crippen molar-refractivity contribution in [3.8, 4) is 0 Å². The van der Waals surface area contributed by atoms with E-state index < -0.39 is 0 Å². The van der Waals surface area contributed by atoms with E-state index >= 15 is 0 Å². The summed E-state index contributed by atoms with van der Waals surface area (Å²) in [7, 11) is 3.50. The number of carbonyl (C=O) groups excluding carboxylic acids is 1. The number of hydrogen-bond acceptors (Lipinski definition) is 2. The molecule has 12 heavy (non-hydrogen) atoms. The molecule has 1 fully saturated rings. The van der Waals surface area contributed by atoms with E-state index in [1.54, 1.807) is 19.0 Å². The van der Waals surface area contributed by atoms with Crippen molar-refractivity contribution in [1.82, 2.24) is 15.5 Å². The monoisotopic (exact) mass is 193 g/mol. The van der Waals surface area contributed by atoms with Crippen LogP contribution in [0.15, 0.2) is 0 Å². The van der Waals surface area contributed by atoms with Gasteiger partial charge >= 0.3 is 6.03 Å². The third-order valence-electron chi connectivity index (χ3n) is 1.79. The Kier molecular flexibility index (Phi) is 5.01. The van der Waals surface area contributed by atoms with Crippen molar-refractivity contribution in [2.75, 3.05) is 27.2 Å². The molecule has 1 aliphatic rings. The number of carbonyl (C=O) groups is 1. The predicted molar refractivity (Wildman–Crippen MR) is 50.7 cm³/mol. The second-order valence-corrected chi connectivity index (χ2v) is 3.03. The second-order valence-electron chi connectivity index (χ2n) is 3.03. The van der Waals surface area contributed by atoms with E-state index in [9.17, 15) is 4.79 Å². The standard InChI is InChI=1S/C7H15N3O.ClH/c1-10(2)7(11)9-6-3-4-8-5-6;/h6,8H,3-5H2,1-2H3,(H,9,11);1H/t6-;/m1./s1. The number of hydrogen-bond donors (Lipinski definition) is 2. The van der Waals surface area contributed by atoms with Gasteiger partial charge in [0.05, 0.1) is 0 Å². The fourth-order valence-electron chi connectivity index (χ4n) is 1.08. The lowest BCUT2D eigenvalue weighted by atomic mass is 10.3. The molecular formula is C7H16ClN3O. The van der Waals surface area contributed by atoms with Gasteiger partial charge in [0, 0.05) is 26.7 Å². The average molecular weight is 194 g/mol. The topological polar surface area (TPSA) is 44.4 Å². The van der Waals surface area contributed by atoms with Crippen LogP contribution in [0.25, 0.3) is 0 Å². The van der Waals surface area contributed by atoms with Gasteiger partial charge in [0.25, 0.3) is 0 Å². The van der Waals surface area contributed by atoms with Crippen LogP contribution < -0.4 is 10.6 Å². The van der Waals surface area contributed by atoms with Gasteiger partial charge in [-0.1, -0.05) is 0 Å². The largest absolute Gasteiger partial charge is 0.334 e. The lowest BCUT2D eigenvalue weighted by molar-refractivity contribution is 0.214. The molecular weight excluding hydrogens is 178 g/mol. The highest BCUT2D eigenvalue weighted by Crippen LogP contribution is 1.96. The van der Waals surface area contributed by atoms with Crippen LogP contribution in [0.1, 0.15) is 6.42 Å². The van der Waals surface area contributed by atoms with Crippen molar-refractivity contribution in [1.29, 1.82) is 0 Å². The molecule has 2 N–H and O–H groups in total. The molecule has 1 rings (SSSR count). The number of urea groups is 1. The first kappa shape index (κ1) is 11.5. The number of rotatable bonds is 1. The van der Waals surface area contributed by atoms with Crippen LogP contribution in [-0.2, 0) is 0 Å². The highest BCUT2D eigenvalue weighted by molar-refractivity contribution is 5.85. The van der Waals surface area contributed by atoms with Gasteiger partial charge in [-0.05, 0) is 13.0 Å². The van der Waals surface area contributed by atoms with Gasteiger partial charge in [0.15, 0.2) is 0 Å². The third-order valence-corrected chi connectivity index (χ3v) is 1.79. The van der Waals surface area contributed by atoms with E-state index in [0.717, 1.165) is 19.5 Å². The van der Waals surface area contributed by atoms with Crippen LogP contribution >= 0.6 is 12.4 Å². The minimum Gasteiger partial charge on any atom is -0.334 e. The number of nitrogens with one attached hydrogen (secondary N) is 2. The second kappa shape index (κ2) is 5.22. The maximum atomic E-state index is 11.1. The molecule has 0 unspecified atom stereocenters. The Labute approximate surface area is 79.1 Å². The summed E-state index contributed by atoms with van der Waals surface area (Å²) in [4.78, 5) is 12.6. The van der Waals surface area contributed by atoms with Crippen molar-refractivity contribution in [3.05, 3.63) is 0 Å². The zero-order valence-corrected chi connectivity index (χ0v) is 8.28. The van der Waals surface area contributed by atoms with E-state index in [1.807, 2.05) is 0 Å². The molecule has 72 valence electrons. The number of amides is 2. The first-order chi connectivity index (χ1) is 5.20. The predicted octanol–water partition coefficient (Wildman–Crippen LogP) is 0.0413. The number of halogens is 1. The molecule has 0 bridgehead atoms. The lowest BCUT2D eigenvalue weighted by Gasteiger charge is -2.15. The fourth-order valence-corrected chi connectivity index (χ4v) is 1.08. The van der Waals surface area contributed by atoms with E-state index in [-0.39, 0.29) is 18.4 Å². The van der Waals surface area contributed by atoms with Gasteiger partial charge < -0.3 is 15.5 Å². The summed E-state index contributed by atoms with van der Waals surface area (Å²) in [6.45, 7) is 1.91. The zero-order chi connectivity index (χ0) is 8.27. The minimum atomic E-state index is -0.00120. The molecule has 0 radical (unpaired) electrons. The first-order valence-corrected chi connectivity index (χ1v) is 3.88. The van der Waals surface area contributed by atoms with Gasteiger partial charge in [-0.25, -0.2) is 4.79 Å². The van der Waals surface area contributed by atoms with E-state index in [2.05, 4.69) is 10.6 Å². The molecule has 0 aromatic heterocycles. The quantitative estimate of drug-likeness (QED) is 0.618. The molecule has 2 amide bonds. The summed E-state index contributed by atoms with van der Waals surface area (Å²) < 4.78 is 0. The summed E-state index contributed by atoms with van der Waals surface area (Å²) >= 11 is 0. The fraction of sp³-hybridized carbons (Fsp3) is 0.857. The van der Waals surface area contributed by atoms with Gasteiger partial charge in [0.2, 0.25) is 0 Å². The Morgan fingerprint density at radius 2 is 2.25 bits per heavy atom. The van der Waals surface area contributed by atoms with E-state index in [4.69, 9.17) is 0 Å². The molecule has 4 nitrogen and oxygen atoms in total. The summed E-state index contributed by atoms with van der Waals surface area (Å²) in [5.41, 5.74) is 0. The molecule has 1 saturated heterocycles. The van der Waals surface area contributed by atoms with Gasteiger partial charge in [0.1, 0.15) is 0 Å². The van der Waals surface area contributed by atoms with Crippen LogP contribution in [0.5, 0.6) is 0 Å². The molecule has 0 saturated carbocycles. The molecule has 1 aliphatic heterocycles. The van der Waals surface area contributed by atoms with Crippen molar-refractivity contribution in [3.63, 3.8) is 0 Å². The number of nitrogens with zero attached hydrogens (tertiary/aromatic N) is 1. The van der Waals surface area contributed by atoms with E-state index in [1.165, 1.54) is 0 Å². The van der Waals surface area contributed by atoms with Crippen LogP contribution in [0, 0.1) is 0 Å². The first-order valence-electron chi connectivity index (χ1n) is 3.88. The average Bonchev–Trinajstić information content (AvgIpc) is 2.39. The Morgan fingerprint density at radius 3 is 2.67 bits per heavy atom. The van der Waals surface area contributed by atoms with Gasteiger partial charge in [-0.2, -0.15) is 0 Å². The molecule has 1 heterocycles. The van der Waals surface area contributed by atoms with Crippen LogP contribution in [0.2, 0.25) is 0 Å². The summed E-state index contributed by atoms with van der Waals surface area (Å²) in [6, 6.07) is 0.323. The zero-order valence-electron chi connectivity index (χ0n) is 7.46. The summed E-state index contributed by atoms with van der Waals surface area (Å²) in [5, 5.41) is 6.09. The summed E-state index contributed by atoms with van der Waals surface area (Å²) in [6.07, 6.45) is 1.04. The highest BCUT2D eigenvalue weighted by atomic mass is 35.5. The highest BCUT2D eigenvalue weighted by Gasteiger charge is 2.16. The molecule has 0 aliphatic carbocycles. The van der Waals surface area contributed by atoms with Gasteiger partial charge in [-0.3, -0.25) is 0 Å². The SMILES string of the molecule is CN(C)C(=O)N[C@@H]1CCNC1.Cl. The van der Waals surface area contributed by atoms with Crippen LogP contribution in [0.3, 0.4) is 0 Å². The van der Waals surface area contributed by atoms with Crippen molar-refractivity contribution in [2.24, 2.45) is 0 Å². The van der Waals surface area contributed by atoms with Crippen LogP contribution in [-0.4, -0.2) is 44.2 Å². The Hall–Kier alpha value is -0.480. The maximum absolute atomic E-state index is 11.1.